The average molecular weight is 327 g/mol. The Hall–Kier alpha value is -2.89. The fraction of sp³-hybridized carbons (Fsp3) is 0.278. The molecule has 1 aromatic carbocycles. The first kappa shape index (κ1) is 17.5. The van der Waals surface area contributed by atoms with Gasteiger partial charge in [0.1, 0.15) is 5.60 Å². The lowest BCUT2D eigenvalue weighted by Crippen LogP contribution is -2.31. The van der Waals surface area contributed by atoms with Crippen LogP contribution >= 0.6 is 0 Å². The van der Waals surface area contributed by atoms with Gasteiger partial charge in [-0.3, -0.25) is 10.1 Å². The van der Waals surface area contributed by atoms with Crippen molar-refractivity contribution in [2.24, 2.45) is 0 Å². The lowest BCUT2D eigenvalue weighted by molar-refractivity contribution is 0.0635. The van der Waals surface area contributed by atoms with Crippen LogP contribution in [0.25, 0.3) is 11.3 Å². The van der Waals surface area contributed by atoms with E-state index in [4.69, 9.17) is 4.74 Å². The molecule has 6 heteroatoms. The van der Waals surface area contributed by atoms with Crippen LogP contribution in [0.15, 0.2) is 54.0 Å². The maximum atomic E-state index is 12.4. The van der Waals surface area contributed by atoms with Gasteiger partial charge in [-0.05, 0) is 20.8 Å². The molecule has 1 N–H and O–H groups in total. The number of aromatic nitrogens is 2. The third-order valence-corrected chi connectivity index (χ3v) is 2.99. The summed E-state index contributed by atoms with van der Waals surface area (Å²) in [5.74, 6) is -0.0764. The molecule has 1 heterocycles. The highest BCUT2D eigenvalue weighted by Gasteiger charge is 2.19. The van der Waals surface area contributed by atoms with Crippen LogP contribution in [0.1, 0.15) is 20.8 Å². The third kappa shape index (κ3) is 4.55. The van der Waals surface area contributed by atoms with Crippen LogP contribution in [0.5, 0.6) is 0 Å². The number of amides is 1. The van der Waals surface area contributed by atoms with Gasteiger partial charge >= 0.3 is 6.09 Å². The highest BCUT2D eigenvalue weighted by molar-refractivity contribution is 5.83. The first-order valence-electron chi connectivity index (χ1n) is 7.58. The van der Waals surface area contributed by atoms with E-state index in [1.54, 1.807) is 33.0 Å². The van der Waals surface area contributed by atoms with E-state index in [2.05, 4.69) is 16.9 Å². The van der Waals surface area contributed by atoms with E-state index in [-0.39, 0.29) is 5.82 Å². The molecule has 0 fully saturated rings. The van der Waals surface area contributed by atoms with E-state index >= 15 is 0 Å². The quantitative estimate of drug-likeness (QED) is 0.873. The number of ether oxygens (including phenoxy) is 1. The molecule has 0 saturated carbocycles. The van der Waals surface area contributed by atoms with Crippen LogP contribution in [0.2, 0.25) is 0 Å². The standard InChI is InChI=1S/C18H21N3O3/c1-5-11-21-12-14(13-9-7-6-8-10-13)19-15(16(21)22)20-17(23)24-18(2,3)4/h5-10,12H,1,11H2,2-4H3,(H,19,20,23). The second-order valence-corrected chi connectivity index (χ2v) is 6.21. The number of carbonyl (C=O) groups excluding carboxylic acids is 1. The van der Waals surface area contributed by atoms with Crippen molar-refractivity contribution in [3.63, 3.8) is 0 Å². The van der Waals surface area contributed by atoms with E-state index in [0.717, 1.165) is 5.56 Å². The van der Waals surface area contributed by atoms with Crippen LogP contribution in [-0.2, 0) is 11.3 Å². The molecule has 126 valence electrons. The summed E-state index contributed by atoms with van der Waals surface area (Å²) in [5.41, 5.74) is 0.326. The van der Waals surface area contributed by atoms with Crippen molar-refractivity contribution in [2.75, 3.05) is 5.32 Å². The van der Waals surface area contributed by atoms with Gasteiger partial charge in [-0.1, -0.05) is 36.4 Å². The number of hydrogen-bond donors (Lipinski definition) is 1. The Labute approximate surface area is 140 Å². The Kier molecular flexibility index (Phi) is 5.18. The molecule has 0 aliphatic rings. The zero-order valence-electron chi connectivity index (χ0n) is 14.1. The molecular formula is C18H21N3O3. The molecule has 0 unspecified atom stereocenters. The highest BCUT2D eigenvalue weighted by Crippen LogP contribution is 2.17. The monoisotopic (exact) mass is 327 g/mol. The van der Waals surface area contributed by atoms with Crippen molar-refractivity contribution < 1.29 is 9.53 Å². The van der Waals surface area contributed by atoms with Crippen LogP contribution in [-0.4, -0.2) is 21.2 Å². The van der Waals surface area contributed by atoms with Gasteiger partial charge in [0, 0.05) is 18.3 Å². The fourth-order valence-corrected chi connectivity index (χ4v) is 2.04. The van der Waals surface area contributed by atoms with E-state index < -0.39 is 17.3 Å². The largest absolute Gasteiger partial charge is 0.444 e. The SMILES string of the molecule is C=CCn1cc(-c2ccccc2)nc(NC(=O)OC(C)(C)C)c1=O. The minimum Gasteiger partial charge on any atom is -0.444 e. The molecule has 1 amide bonds. The Bertz CT molecular complexity index is 789. The average Bonchev–Trinajstić information content (AvgIpc) is 2.50. The number of hydrogen-bond acceptors (Lipinski definition) is 4. The molecule has 24 heavy (non-hydrogen) atoms. The van der Waals surface area contributed by atoms with Crippen LogP contribution in [0.3, 0.4) is 0 Å². The third-order valence-electron chi connectivity index (χ3n) is 2.99. The van der Waals surface area contributed by atoms with Gasteiger partial charge in [-0.25, -0.2) is 9.78 Å². The summed E-state index contributed by atoms with van der Waals surface area (Å²) in [6.07, 6.45) is 2.52. The van der Waals surface area contributed by atoms with Crippen molar-refractivity contribution >= 4 is 11.9 Å². The molecule has 1 aromatic heterocycles. The number of rotatable bonds is 4. The number of nitrogens with zero attached hydrogens (tertiary/aromatic N) is 2. The number of benzene rings is 1. The number of nitrogens with one attached hydrogen (secondary N) is 1. The lowest BCUT2D eigenvalue weighted by Gasteiger charge is -2.19. The van der Waals surface area contributed by atoms with Crippen LogP contribution < -0.4 is 10.9 Å². The van der Waals surface area contributed by atoms with Gasteiger partial charge in [0.25, 0.3) is 5.56 Å². The molecule has 0 atom stereocenters. The zero-order valence-corrected chi connectivity index (χ0v) is 14.1. The first-order chi connectivity index (χ1) is 11.3. The molecule has 0 spiro atoms. The minimum atomic E-state index is -0.720. The van der Waals surface area contributed by atoms with Crippen LogP contribution in [0.4, 0.5) is 10.6 Å². The highest BCUT2D eigenvalue weighted by atomic mass is 16.6. The topological polar surface area (TPSA) is 73.2 Å². The van der Waals surface area contributed by atoms with Crippen LogP contribution in [0, 0.1) is 0 Å². The Morgan fingerprint density at radius 3 is 2.58 bits per heavy atom. The Balaban J connectivity index is 2.42. The smallest absolute Gasteiger partial charge is 0.413 e. The summed E-state index contributed by atoms with van der Waals surface area (Å²) in [7, 11) is 0. The van der Waals surface area contributed by atoms with E-state index in [1.807, 2.05) is 30.3 Å². The summed E-state index contributed by atoms with van der Waals surface area (Å²) < 4.78 is 6.62. The molecule has 0 saturated heterocycles. The zero-order chi connectivity index (χ0) is 17.7. The van der Waals surface area contributed by atoms with Gasteiger partial charge in [0.2, 0.25) is 5.82 Å². The van der Waals surface area contributed by atoms with Crippen molar-refractivity contribution in [2.45, 2.75) is 32.9 Å². The minimum absolute atomic E-state index is 0.0764. The summed E-state index contributed by atoms with van der Waals surface area (Å²) in [4.78, 5) is 28.7. The van der Waals surface area contributed by atoms with Gasteiger partial charge in [-0.15, -0.1) is 6.58 Å². The fourth-order valence-electron chi connectivity index (χ4n) is 2.04. The molecule has 0 radical (unpaired) electrons. The van der Waals surface area contributed by atoms with E-state index in [1.165, 1.54) is 4.57 Å². The number of allylic oxidation sites excluding steroid dienone is 1. The lowest BCUT2D eigenvalue weighted by atomic mass is 10.2. The molecule has 2 rings (SSSR count). The van der Waals surface area contributed by atoms with Crippen molar-refractivity contribution in [3.8, 4) is 11.3 Å². The normalized spacial score (nSPS) is 11.0. The molecular weight excluding hydrogens is 306 g/mol. The first-order valence-corrected chi connectivity index (χ1v) is 7.58. The Morgan fingerprint density at radius 1 is 1.33 bits per heavy atom. The number of anilines is 1. The molecule has 0 aliphatic carbocycles. The second kappa shape index (κ2) is 7.12. The Morgan fingerprint density at radius 2 is 2.00 bits per heavy atom. The van der Waals surface area contributed by atoms with Gasteiger partial charge < -0.3 is 9.30 Å². The molecule has 0 bridgehead atoms. The van der Waals surface area contributed by atoms with Gasteiger partial charge in [-0.2, -0.15) is 0 Å². The summed E-state index contributed by atoms with van der Waals surface area (Å²) in [6, 6.07) is 9.40. The predicted octanol–water partition coefficient (Wildman–Crippen LogP) is 3.44. The van der Waals surface area contributed by atoms with Gasteiger partial charge in [0.15, 0.2) is 0 Å². The summed E-state index contributed by atoms with van der Waals surface area (Å²) >= 11 is 0. The predicted molar refractivity (Wildman–Crippen MR) is 94.0 cm³/mol. The van der Waals surface area contributed by atoms with Gasteiger partial charge in [0.05, 0.1) is 5.69 Å². The van der Waals surface area contributed by atoms with Crippen molar-refractivity contribution in [1.82, 2.24) is 9.55 Å². The summed E-state index contributed by atoms with van der Waals surface area (Å²) in [5, 5.41) is 2.44. The second-order valence-electron chi connectivity index (χ2n) is 6.21. The van der Waals surface area contributed by atoms with Crippen molar-refractivity contribution in [3.05, 3.63) is 59.5 Å². The van der Waals surface area contributed by atoms with Crippen molar-refractivity contribution in [1.29, 1.82) is 0 Å². The maximum absolute atomic E-state index is 12.4. The van der Waals surface area contributed by atoms with E-state index in [9.17, 15) is 9.59 Å². The molecule has 0 aliphatic heterocycles. The van der Waals surface area contributed by atoms with E-state index in [0.29, 0.717) is 12.2 Å². The summed E-state index contributed by atoms with van der Waals surface area (Å²) in [6.45, 7) is 9.20. The number of carbonyl (C=O) groups is 1. The maximum Gasteiger partial charge on any atom is 0.413 e. The molecule has 6 nitrogen and oxygen atoms in total. The molecule has 2 aromatic rings.